The highest BCUT2D eigenvalue weighted by atomic mass is 16.5. The fraction of sp³-hybridized carbons (Fsp3) is 0.381. The van der Waals surface area contributed by atoms with Gasteiger partial charge in [-0.15, -0.1) is 0 Å². The zero-order valence-corrected chi connectivity index (χ0v) is 15.8. The van der Waals surface area contributed by atoms with Gasteiger partial charge in [-0.25, -0.2) is 0 Å². The number of ether oxygens (including phenoxy) is 2. The quantitative estimate of drug-likeness (QED) is 0.743. The van der Waals surface area contributed by atoms with E-state index < -0.39 is 5.60 Å². The first-order valence-corrected chi connectivity index (χ1v) is 8.97. The summed E-state index contributed by atoms with van der Waals surface area (Å²) < 4.78 is 10.4. The minimum absolute atomic E-state index is 0.105. The summed E-state index contributed by atoms with van der Waals surface area (Å²) in [5.74, 6) is 1.51. The maximum atomic E-state index is 11.6. The molecule has 0 bridgehead atoms. The van der Waals surface area contributed by atoms with Crippen molar-refractivity contribution in [3.05, 3.63) is 59.7 Å². The predicted molar refractivity (Wildman–Crippen MR) is 103 cm³/mol. The predicted octanol–water partition coefficient (Wildman–Crippen LogP) is 1.96. The van der Waals surface area contributed by atoms with Crippen LogP contribution in [0.4, 0.5) is 0 Å². The van der Waals surface area contributed by atoms with Crippen LogP contribution >= 0.6 is 0 Å². The van der Waals surface area contributed by atoms with Crippen molar-refractivity contribution in [3.63, 3.8) is 0 Å². The van der Waals surface area contributed by atoms with E-state index in [1.54, 1.807) is 14.2 Å². The number of amides is 1. The average Bonchev–Trinajstić information content (AvgIpc) is 3.01. The van der Waals surface area contributed by atoms with Gasteiger partial charge in [0.25, 0.3) is 0 Å². The van der Waals surface area contributed by atoms with Crippen LogP contribution in [0.3, 0.4) is 0 Å². The fourth-order valence-electron chi connectivity index (χ4n) is 3.36. The van der Waals surface area contributed by atoms with Crippen molar-refractivity contribution in [2.75, 3.05) is 27.3 Å². The first-order valence-electron chi connectivity index (χ1n) is 8.97. The van der Waals surface area contributed by atoms with Crippen LogP contribution < -0.4 is 14.8 Å². The van der Waals surface area contributed by atoms with E-state index in [9.17, 15) is 9.90 Å². The zero-order chi connectivity index (χ0) is 19.3. The Balaban J connectivity index is 1.75. The Labute approximate surface area is 159 Å². The second kappa shape index (κ2) is 8.41. The molecule has 0 radical (unpaired) electrons. The third-order valence-electron chi connectivity index (χ3n) is 4.75. The Hall–Kier alpha value is -2.57. The molecule has 3 rings (SSSR count). The molecule has 0 aliphatic carbocycles. The van der Waals surface area contributed by atoms with Crippen molar-refractivity contribution >= 4 is 5.91 Å². The number of rotatable bonds is 8. The second-order valence-electron chi connectivity index (χ2n) is 7.02. The Kier molecular flexibility index (Phi) is 5.98. The summed E-state index contributed by atoms with van der Waals surface area (Å²) in [6.45, 7) is 2.01. The van der Waals surface area contributed by atoms with Gasteiger partial charge in [0.2, 0.25) is 5.91 Å². The monoisotopic (exact) mass is 370 g/mol. The van der Waals surface area contributed by atoms with E-state index in [2.05, 4.69) is 10.2 Å². The molecule has 0 aromatic heterocycles. The van der Waals surface area contributed by atoms with Crippen LogP contribution in [-0.4, -0.2) is 48.8 Å². The van der Waals surface area contributed by atoms with E-state index >= 15 is 0 Å². The highest BCUT2D eigenvalue weighted by Crippen LogP contribution is 2.22. The first kappa shape index (κ1) is 19.2. The maximum absolute atomic E-state index is 11.6. The van der Waals surface area contributed by atoms with Gasteiger partial charge in [-0.05, 0) is 35.4 Å². The lowest BCUT2D eigenvalue weighted by Gasteiger charge is -2.30. The molecule has 27 heavy (non-hydrogen) atoms. The number of methoxy groups -OCH3 is 2. The molecule has 0 saturated carbocycles. The highest BCUT2D eigenvalue weighted by molar-refractivity contribution is 5.79. The number of β-amino-alcohol motifs (C(OH)–C–C–N with tert-alkyl or cyclic N) is 1. The summed E-state index contributed by atoms with van der Waals surface area (Å²) >= 11 is 0. The summed E-state index contributed by atoms with van der Waals surface area (Å²) in [5.41, 5.74) is 1.19. The number of nitrogens with one attached hydrogen (secondary N) is 1. The molecule has 1 fully saturated rings. The molecular formula is C21H26N2O4. The number of nitrogens with zero attached hydrogens (tertiary/aromatic N) is 1. The molecule has 2 N–H and O–H groups in total. The van der Waals surface area contributed by atoms with Crippen LogP contribution in [0.1, 0.15) is 17.5 Å². The van der Waals surface area contributed by atoms with Crippen LogP contribution in [0.5, 0.6) is 11.5 Å². The van der Waals surface area contributed by atoms with E-state index in [1.165, 1.54) is 0 Å². The van der Waals surface area contributed by atoms with Crippen LogP contribution in [0.2, 0.25) is 0 Å². The molecule has 1 saturated heterocycles. The number of carbonyl (C=O) groups excluding carboxylic acids is 1. The molecule has 0 spiro atoms. The largest absolute Gasteiger partial charge is 0.497 e. The first-order chi connectivity index (χ1) is 13.0. The van der Waals surface area contributed by atoms with Gasteiger partial charge in [-0.3, -0.25) is 9.69 Å². The van der Waals surface area contributed by atoms with Gasteiger partial charge in [0.05, 0.1) is 20.6 Å². The van der Waals surface area contributed by atoms with E-state index in [4.69, 9.17) is 9.47 Å². The molecule has 1 heterocycles. The van der Waals surface area contributed by atoms with E-state index in [-0.39, 0.29) is 18.9 Å². The summed E-state index contributed by atoms with van der Waals surface area (Å²) in [6, 6.07) is 15.8. The van der Waals surface area contributed by atoms with Crippen molar-refractivity contribution < 1.29 is 19.4 Å². The second-order valence-corrected chi connectivity index (χ2v) is 7.02. The smallest absolute Gasteiger partial charge is 0.223 e. The number of carbonyl (C=O) groups is 1. The Morgan fingerprint density at radius 2 is 1.44 bits per heavy atom. The van der Waals surface area contributed by atoms with Crippen LogP contribution in [0.25, 0.3) is 0 Å². The Morgan fingerprint density at radius 1 is 0.963 bits per heavy atom. The van der Waals surface area contributed by atoms with Crippen LogP contribution in [-0.2, 0) is 17.9 Å². The Bertz CT molecular complexity index is 711. The molecule has 2 aromatic carbocycles. The Morgan fingerprint density at radius 3 is 1.81 bits per heavy atom. The van der Waals surface area contributed by atoms with Crippen LogP contribution in [0, 0.1) is 0 Å². The summed E-state index contributed by atoms with van der Waals surface area (Å²) in [4.78, 5) is 13.7. The van der Waals surface area contributed by atoms with Gasteiger partial charge in [0, 0.05) is 26.2 Å². The van der Waals surface area contributed by atoms with Gasteiger partial charge in [0.1, 0.15) is 17.1 Å². The fourth-order valence-corrected chi connectivity index (χ4v) is 3.36. The summed E-state index contributed by atoms with van der Waals surface area (Å²) in [5, 5.41) is 13.5. The molecule has 144 valence electrons. The van der Waals surface area contributed by atoms with Crippen molar-refractivity contribution in [2.24, 2.45) is 0 Å². The molecule has 6 nitrogen and oxygen atoms in total. The molecule has 1 amide bonds. The van der Waals surface area contributed by atoms with Gasteiger partial charge in [-0.2, -0.15) is 0 Å². The molecule has 1 aliphatic rings. The number of hydrogen-bond acceptors (Lipinski definition) is 5. The van der Waals surface area contributed by atoms with Gasteiger partial charge >= 0.3 is 0 Å². The van der Waals surface area contributed by atoms with E-state index in [0.29, 0.717) is 19.6 Å². The van der Waals surface area contributed by atoms with Gasteiger partial charge in [0.15, 0.2) is 0 Å². The molecule has 1 aliphatic heterocycles. The topological polar surface area (TPSA) is 71.0 Å². The van der Waals surface area contributed by atoms with E-state index in [1.807, 2.05) is 48.5 Å². The minimum atomic E-state index is -1.05. The molecule has 2 aromatic rings. The van der Waals surface area contributed by atoms with Crippen LogP contribution in [0.15, 0.2) is 48.5 Å². The third kappa shape index (κ3) is 5.21. The van der Waals surface area contributed by atoms with Crippen molar-refractivity contribution in [1.29, 1.82) is 0 Å². The molecule has 6 heteroatoms. The lowest BCUT2D eigenvalue weighted by molar-refractivity contribution is -0.120. The normalized spacial score (nSPS) is 19.2. The third-order valence-corrected chi connectivity index (χ3v) is 4.75. The lowest BCUT2D eigenvalue weighted by Crippen LogP contribution is -2.44. The van der Waals surface area contributed by atoms with E-state index in [0.717, 1.165) is 22.6 Å². The summed E-state index contributed by atoms with van der Waals surface area (Å²) in [7, 11) is 3.29. The highest BCUT2D eigenvalue weighted by Gasteiger charge is 2.37. The molecule has 1 unspecified atom stereocenters. The number of aliphatic hydroxyl groups is 1. The number of benzene rings is 2. The average molecular weight is 370 g/mol. The van der Waals surface area contributed by atoms with Crippen molar-refractivity contribution in [2.45, 2.75) is 25.1 Å². The van der Waals surface area contributed by atoms with Crippen molar-refractivity contribution in [3.8, 4) is 11.5 Å². The SMILES string of the molecule is COc1ccc(CN(Cc2ccc(OC)cc2)CC2(O)CNC(=O)C2)cc1. The maximum Gasteiger partial charge on any atom is 0.223 e. The lowest BCUT2D eigenvalue weighted by atomic mass is 10.0. The number of hydrogen-bond donors (Lipinski definition) is 2. The van der Waals surface area contributed by atoms with Gasteiger partial charge < -0.3 is 19.9 Å². The minimum Gasteiger partial charge on any atom is -0.497 e. The zero-order valence-electron chi connectivity index (χ0n) is 15.8. The summed E-state index contributed by atoms with van der Waals surface area (Å²) in [6.07, 6.45) is 0.134. The van der Waals surface area contributed by atoms with Gasteiger partial charge in [-0.1, -0.05) is 24.3 Å². The van der Waals surface area contributed by atoms with Crippen molar-refractivity contribution in [1.82, 2.24) is 10.2 Å². The molecular weight excluding hydrogens is 344 g/mol. The standard InChI is InChI=1S/C21H26N2O4/c1-26-18-7-3-16(4-8-18)12-23(15-21(25)11-20(24)22-14-21)13-17-5-9-19(27-2)10-6-17/h3-10,25H,11-15H2,1-2H3,(H,22,24). The molecule has 1 atom stereocenters.